The van der Waals surface area contributed by atoms with Crippen LogP contribution in [0.25, 0.3) is 0 Å². The van der Waals surface area contributed by atoms with Gasteiger partial charge in [-0.05, 0) is 87.0 Å². The lowest BCUT2D eigenvalue weighted by Crippen LogP contribution is -2.44. The lowest BCUT2D eigenvalue weighted by atomic mass is 9.78. The first kappa shape index (κ1) is 19.1. The summed E-state index contributed by atoms with van der Waals surface area (Å²) in [5, 5.41) is 0. The van der Waals surface area contributed by atoms with Crippen molar-refractivity contribution < 1.29 is 9.47 Å². The van der Waals surface area contributed by atoms with Gasteiger partial charge >= 0.3 is 0 Å². The second-order valence-electron chi connectivity index (χ2n) is 7.28. The number of hydrogen-bond acceptors (Lipinski definition) is 3. The smallest absolute Gasteiger partial charge is 0.127 e. The van der Waals surface area contributed by atoms with Gasteiger partial charge in [0.15, 0.2) is 0 Å². The topological polar surface area (TPSA) is 21.7 Å². The fraction of sp³-hybridized carbons (Fsp3) is 0.455. The summed E-state index contributed by atoms with van der Waals surface area (Å²) in [5.74, 6) is 4.37. The fourth-order valence-electron chi connectivity index (χ4n) is 4.20. The Morgan fingerprint density at radius 1 is 0.846 bits per heavy atom. The van der Waals surface area contributed by atoms with Gasteiger partial charge in [-0.3, -0.25) is 0 Å². The maximum absolute atomic E-state index is 5.98. The number of nitrogens with zero attached hydrogens (tertiary/aromatic N) is 1. The SMILES string of the molecule is Cl.c1ccc(Oc2ccc(OCCC3CCN4CCCC3C4)cc2)cc1. The van der Waals surface area contributed by atoms with Crippen LogP contribution in [0.15, 0.2) is 54.6 Å². The molecule has 0 aliphatic carbocycles. The average Bonchev–Trinajstić information content (AvgIpc) is 2.66. The number of benzene rings is 2. The second kappa shape index (κ2) is 9.29. The number of ether oxygens (including phenoxy) is 2. The van der Waals surface area contributed by atoms with Crippen LogP contribution in [0, 0.1) is 11.8 Å². The Morgan fingerprint density at radius 2 is 1.58 bits per heavy atom. The molecule has 4 heteroatoms. The van der Waals surface area contributed by atoms with E-state index < -0.39 is 0 Å². The summed E-state index contributed by atoms with van der Waals surface area (Å²) in [6, 6.07) is 17.8. The van der Waals surface area contributed by atoms with E-state index in [1.54, 1.807) is 0 Å². The van der Waals surface area contributed by atoms with Crippen LogP contribution in [-0.2, 0) is 0 Å². The highest BCUT2D eigenvalue weighted by Crippen LogP contribution is 2.33. The molecule has 3 nitrogen and oxygen atoms in total. The summed E-state index contributed by atoms with van der Waals surface area (Å²) in [7, 11) is 0. The molecule has 0 radical (unpaired) electrons. The molecular formula is C22H28ClNO2. The molecule has 2 saturated heterocycles. The molecule has 0 spiro atoms. The van der Waals surface area contributed by atoms with E-state index in [1.165, 1.54) is 45.3 Å². The third-order valence-electron chi connectivity index (χ3n) is 5.58. The minimum atomic E-state index is 0. The van der Waals surface area contributed by atoms with Crippen LogP contribution in [0.1, 0.15) is 25.7 Å². The van der Waals surface area contributed by atoms with E-state index in [1.807, 2.05) is 54.6 Å². The van der Waals surface area contributed by atoms with Gasteiger partial charge in [-0.15, -0.1) is 12.4 Å². The van der Waals surface area contributed by atoms with Gasteiger partial charge in [-0.25, -0.2) is 0 Å². The zero-order valence-electron chi connectivity index (χ0n) is 15.2. The highest BCUT2D eigenvalue weighted by molar-refractivity contribution is 5.85. The molecule has 2 bridgehead atoms. The monoisotopic (exact) mass is 373 g/mol. The van der Waals surface area contributed by atoms with Crippen LogP contribution in [-0.4, -0.2) is 31.1 Å². The fourth-order valence-corrected chi connectivity index (χ4v) is 4.20. The maximum Gasteiger partial charge on any atom is 0.127 e. The minimum Gasteiger partial charge on any atom is -0.494 e. The highest BCUT2D eigenvalue weighted by atomic mass is 35.5. The van der Waals surface area contributed by atoms with Gasteiger partial charge in [0.1, 0.15) is 17.2 Å². The Bertz CT molecular complexity index is 662. The van der Waals surface area contributed by atoms with Crippen LogP contribution in [0.3, 0.4) is 0 Å². The van der Waals surface area contributed by atoms with Crippen molar-refractivity contribution in [2.24, 2.45) is 11.8 Å². The molecule has 2 fully saturated rings. The van der Waals surface area contributed by atoms with E-state index in [9.17, 15) is 0 Å². The summed E-state index contributed by atoms with van der Waals surface area (Å²) in [4.78, 5) is 2.64. The van der Waals surface area contributed by atoms with E-state index in [0.29, 0.717) is 0 Å². The number of para-hydroxylation sites is 1. The van der Waals surface area contributed by atoms with Crippen molar-refractivity contribution in [3.63, 3.8) is 0 Å². The van der Waals surface area contributed by atoms with Crippen LogP contribution < -0.4 is 9.47 Å². The Balaban J connectivity index is 0.00000196. The van der Waals surface area contributed by atoms with Crippen molar-refractivity contribution in [1.82, 2.24) is 4.90 Å². The van der Waals surface area contributed by atoms with Crippen molar-refractivity contribution in [1.29, 1.82) is 0 Å². The van der Waals surface area contributed by atoms with Gasteiger partial charge in [0.25, 0.3) is 0 Å². The largest absolute Gasteiger partial charge is 0.494 e. The van der Waals surface area contributed by atoms with Gasteiger partial charge in [0.2, 0.25) is 0 Å². The van der Waals surface area contributed by atoms with Crippen molar-refractivity contribution in [3.8, 4) is 17.2 Å². The van der Waals surface area contributed by atoms with Crippen LogP contribution in [0.5, 0.6) is 17.2 Å². The summed E-state index contributed by atoms with van der Waals surface area (Å²) < 4.78 is 11.8. The second-order valence-corrected chi connectivity index (χ2v) is 7.28. The predicted octanol–water partition coefficient (Wildman–Crippen LogP) is 5.40. The Labute approximate surface area is 162 Å². The van der Waals surface area contributed by atoms with Crippen LogP contribution >= 0.6 is 12.4 Å². The third-order valence-corrected chi connectivity index (χ3v) is 5.58. The molecule has 2 aromatic carbocycles. The lowest BCUT2D eigenvalue weighted by molar-refractivity contribution is 0.0626. The van der Waals surface area contributed by atoms with Gasteiger partial charge < -0.3 is 14.4 Å². The molecule has 0 N–H and O–H groups in total. The average molecular weight is 374 g/mol. The number of fused-ring (bicyclic) bond motifs is 2. The van der Waals surface area contributed by atoms with E-state index >= 15 is 0 Å². The zero-order valence-corrected chi connectivity index (χ0v) is 16.0. The van der Waals surface area contributed by atoms with Gasteiger partial charge in [0.05, 0.1) is 6.61 Å². The van der Waals surface area contributed by atoms with Crippen molar-refractivity contribution in [3.05, 3.63) is 54.6 Å². The summed E-state index contributed by atoms with van der Waals surface area (Å²) in [6.07, 6.45) is 5.32. The molecule has 0 saturated carbocycles. The zero-order chi connectivity index (χ0) is 16.9. The number of hydrogen-bond donors (Lipinski definition) is 0. The van der Waals surface area contributed by atoms with Gasteiger partial charge in [-0.2, -0.15) is 0 Å². The molecule has 4 rings (SSSR count). The number of halogens is 1. The van der Waals surface area contributed by atoms with Gasteiger partial charge in [-0.1, -0.05) is 18.2 Å². The van der Waals surface area contributed by atoms with Crippen molar-refractivity contribution in [2.75, 3.05) is 26.2 Å². The summed E-state index contributed by atoms with van der Waals surface area (Å²) >= 11 is 0. The quantitative estimate of drug-likeness (QED) is 0.676. The van der Waals surface area contributed by atoms with Gasteiger partial charge in [0, 0.05) is 6.54 Å². The van der Waals surface area contributed by atoms with E-state index in [2.05, 4.69) is 4.90 Å². The molecule has 2 aliphatic rings. The molecule has 140 valence electrons. The summed E-state index contributed by atoms with van der Waals surface area (Å²) in [5.41, 5.74) is 0. The predicted molar refractivity (Wildman–Crippen MR) is 108 cm³/mol. The van der Waals surface area contributed by atoms with Crippen LogP contribution in [0.2, 0.25) is 0 Å². The number of rotatable bonds is 6. The molecule has 0 amide bonds. The maximum atomic E-state index is 5.98. The van der Waals surface area contributed by atoms with Crippen molar-refractivity contribution in [2.45, 2.75) is 25.7 Å². The summed E-state index contributed by atoms with van der Waals surface area (Å²) in [6.45, 7) is 4.74. The first-order valence-electron chi connectivity index (χ1n) is 9.55. The van der Waals surface area contributed by atoms with E-state index in [0.717, 1.165) is 35.7 Å². The highest BCUT2D eigenvalue weighted by Gasteiger charge is 2.31. The Kier molecular flexibility index (Phi) is 6.81. The molecule has 2 aromatic rings. The number of piperidine rings is 2. The normalized spacial score (nSPS) is 24.4. The van der Waals surface area contributed by atoms with E-state index in [-0.39, 0.29) is 12.4 Å². The Hall–Kier alpha value is -1.71. The molecule has 26 heavy (non-hydrogen) atoms. The minimum absolute atomic E-state index is 0. The van der Waals surface area contributed by atoms with E-state index in [4.69, 9.17) is 9.47 Å². The first-order chi connectivity index (χ1) is 12.4. The lowest BCUT2D eigenvalue weighted by Gasteiger charge is -2.42. The molecule has 0 aromatic heterocycles. The molecule has 3 atom stereocenters. The molecule has 2 aliphatic heterocycles. The molecular weight excluding hydrogens is 346 g/mol. The first-order valence-corrected chi connectivity index (χ1v) is 9.55. The standard InChI is InChI=1S/C22H27NO2.ClH/c1-2-6-21(7-3-1)25-22-10-8-20(9-11-22)24-16-13-18-12-15-23-14-4-5-19(18)17-23;/h1-3,6-11,18-19H,4-5,12-17H2;1H. The molecule has 2 heterocycles. The van der Waals surface area contributed by atoms with Crippen LogP contribution in [0.4, 0.5) is 0 Å². The van der Waals surface area contributed by atoms with Crippen molar-refractivity contribution >= 4 is 12.4 Å². The third kappa shape index (κ3) is 4.93. The molecule has 3 unspecified atom stereocenters. The Morgan fingerprint density at radius 3 is 2.38 bits per heavy atom.